The number of halogens is 2. The molecule has 0 spiro atoms. The molecule has 0 aliphatic carbocycles. The van der Waals surface area contributed by atoms with Gasteiger partial charge in [0, 0.05) is 56.6 Å². The van der Waals surface area contributed by atoms with Crippen molar-refractivity contribution < 1.29 is 28.2 Å². The van der Waals surface area contributed by atoms with E-state index in [0.717, 1.165) is 41.3 Å². The number of ether oxygens (including phenoxy) is 1. The Morgan fingerprint density at radius 3 is 2.45 bits per heavy atom. The molecule has 1 unspecified atom stereocenters. The number of unbranched alkanes of at least 4 members (excludes halogenated alkanes) is 1. The number of pyridine rings is 1. The number of aliphatic hydroxyl groups excluding tert-OH is 1. The summed E-state index contributed by atoms with van der Waals surface area (Å²) in [5.74, 6) is -1.32. The van der Waals surface area contributed by atoms with E-state index in [-0.39, 0.29) is 23.6 Å². The van der Waals surface area contributed by atoms with Crippen molar-refractivity contribution in [3.8, 4) is 5.75 Å². The summed E-state index contributed by atoms with van der Waals surface area (Å²) >= 11 is 0. The summed E-state index contributed by atoms with van der Waals surface area (Å²) < 4.78 is 35.6. The van der Waals surface area contributed by atoms with Crippen molar-refractivity contribution >= 4 is 23.0 Å². The van der Waals surface area contributed by atoms with Crippen molar-refractivity contribution in [2.45, 2.75) is 63.9 Å². The quantitative estimate of drug-likeness (QED) is 0.158. The standard InChI is InChI=1S/C40H43F2N5O4/c1-4-5-17-45(2)40(50)47-25-34(33-11-8-16-43-38(33)47)39(49)44-35(20-27-18-30(41)22-31(42)19-27)37(48)36-21-28-9-6-7-10-29(28)24-46(36)23-26-12-14-32(51-3)15-13-26/h6-16,18-19,22,25,35-37,48H,4-5,17,20-21,23-24H2,1-3H3,(H,44,49)/t35-,36?,37-/m0/s1. The maximum atomic E-state index is 14.4. The average molecular weight is 696 g/mol. The molecule has 3 atom stereocenters. The molecule has 0 bridgehead atoms. The second kappa shape index (κ2) is 15.8. The highest BCUT2D eigenvalue weighted by Gasteiger charge is 2.37. The molecule has 51 heavy (non-hydrogen) atoms. The first-order valence-corrected chi connectivity index (χ1v) is 17.2. The fraction of sp³-hybridized carbons (Fsp3) is 0.325. The first kappa shape index (κ1) is 35.7. The number of aromatic nitrogens is 2. The van der Waals surface area contributed by atoms with Gasteiger partial charge in [-0.05, 0) is 77.9 Å². The van der Waals surface area contributed by atoms with Crippen LogP contribution < -0.4 is 10.1 Å². The zero-order valence-corrected chi connectivity index (χ0v) is 29.1. The average Bonchev–Trinajstić information content (AvgIpc) is 3.52. The number of aliphatic hydroxyl groups is 1. The van der Waals surface area contributed by atoms with Crippen LogP contribution >= 0.6 is 0 Å². The molecule has 1 aliphatic rings. The second-order valence-corrected chi connectivity index (χ2v) is 13.2. The number of benzene rings is 3. The molecule has 9 nitrogen and oxygen atoms in total. The normalized spacial score (nSPS) is 15.6. The summed E-state index contributed by atoms with van der Waals surface area (Å²) in [6, 6.07) is 20.6. The highest BCUT2D eigenvalue weighted by Crippen LogP contribution is 2.30. The third kappa shape index (κ3) is 8.10. The zero-order chi connectivity index (χ0) is 36.1. The number of carbonyl (C=O) groups excluding carboxylic acids is 2. The lowest BCUT2D eigenvalue weighted by atomic mass is 9.86. The summed E-state index contributed by atoms with van der Waals surface area (Å²) in [5, 5.41) is 15.8. The highest BCUT2D eigenvalue weighted by atomic mass is 19.1. The first-order chi connectivity index (χ1) is 24.6. The second-order valence-electron chi connectivity index (χ2n) is 13.2. The van der Waals surface area contributed by atoms with Gasteiger partial charge in [0.2, 0.25) is 0 Å². The Morgan fingerprint density at radius 2 is 1.75 bits per heavy atom. The van der Waals surface area contributed by atoms with Crippen LogP contribution in [0.15, 0.2) is 91.3 Å². The van der Waals surface area contributed by atoms with E-state index in [1.165, 1.54) is 22.9 Å². The lowest BCUT2D eigenvalue weighted by Crippen LogP contribution is -2.56. The Bertz CT molecular complexity index is 1980. The monoisotopic (exact) mass is 695 g/mol. The van der Waals surface area contributed by atoms with Gasteiger partial charge in [-0.2, -0.15) is 0 Å². The SMILES string of the molecule is CCCCN(C)C(=O)n1cc(C(=O)N[C@@H](Cc2cc(F)cc(F)c2)[C@H](O)C2Cc3ccccc3CN2Cc2ccc(OC)cc2)c2cccnc21. The topological polar surface area (TPSA) is 99.9 Å². The molecular weight excluding hydrogens is 652 g/mol. The molecule has 0 radical (unpaired) electrons. The van der Waals surface area contributed by atoms with Gasteiger partial charge < -0.3 is 20.1 Å². The summed E-state index contributed by atoms with van der Waals surface area (Å²) in [6.45, 7) is 3.63. The summed E-state index contributed by atoms with van der Waals surface area (Å²) in [7, 11) is 3.32. The highest BCUT2D eigenvalue weighted by molar-refractivity contribution is 6.08. The molecule has 3 heterocycles. The number of carbonyl (C=O) groups is 2. The summed E-state index contributed by atoms with van der Waals surface area (Å²) in [6.07, 6.45) is 4.03. The van der Waals surface area contributed by atoms with Crippen molar-refractivity contribution in [3.05, 3.63) is 131 Å². The van der Waals surface area contributed by atoms with Gasteiger partial charge >= 0.3 is 6.03 Å². The zero-order valence-electron chi connectivity index (χ0n) is 29.1. The maximum absolute atomic E-state index is 14.4. The van der Waals surface area contributed by atoms with Crippen LogP contribution in [0.5, 0.6) is 5.75 Å². The van der Waals surface area contributed by atoms with Crippen LogP contribution in [0.25, 0.3) is 11.0 Å². The smallest absolute Gasteiger partial charge is 0.329 e. The van der Waals surface area contributed by atoms with E-state index < -0.39 is 35.7 Å². The molecule has 0 saturated heterocycles. The third-order valence-corrected chi connectivity index (χ3v) is 9.62. The largest absolute Gasteiger partial charge is 0.497 e. The molecule has 11 heteroatoms. The van der Waals surface area contributed by atoms with Gasteiger partial charge in [0.1, 0.15) is 23.0 Å². The van der Waals surface area contributed by atoms with Crippen molar-refractivity contribution in [2.75, 3.05) is 20.7 Å². The first-order valence-electron chi connectivity index (χ1n) is 17.2. The Balaban J connectivity index is 1.35. The predicted molar refractivity (Wildman–Crippen MR) is 192 cm³/mol. The number of nitrogens with zero attached hydrogens (tertiary/aromatic N) is 4. The van der Waals surface area contributed by atoms with Gasteiger partial charge in [-0.1, -0.05) is 49.7 Å². The molecule has 1 aliphatic heterocycles. The van der Waals surface area contributed by atoms with Gasteiger partial charge in [0.05, 0.1) is 24.8 Å². The Hall–Kier alpha value is -5.13. The van der Waals surface area contributed by atoms with Crippen LogP contribution in [0.4, 0.5) is 13.6 Å². The van der Waals surface area contributed by atoms with E-state index in [0.29, 0.717) is 37.1 Å². The molecule has 2 amide bonds. The van der Waals surface area contributed by atoms with Crippen LogP contribution in [0.1, 0.15) is 52.4 Å². The molecule has 0 saturated carbocycles. The number of hydrogen-bond acceptors (Lipinski definition) is 6. The summed E-state index contributed by atoms with van der Waals surface area (Å²) in [5.41, 5.74) is 4.03. The number of rotatable bonds is 12. The molecular formula is C40H43F2N5O4. The van der Waals surface area contributed by atoms with Gasteiger partial charge in [0.15, 0.2) is 0 Å². The number of methoxy groups -OCH3 is 1. The van der Waals surface area contributed by atoms with E-state index >= 15 is 0 Å². The Labute approximate surface area is 296 Å². The van der Waals surface area contributed by atoms with Gasteiger partial charge in [-0.15, -0.1) is 0 Å². The molecule has 266 valence electrons. The van der Waals surface area contributed by atoms with Gasteiger partial charge in [-0.25, -0.2) is 18.6 Å². The third-order valence-electron chi connectivity index (χ3n) is 9.62. The minimum Gasteiger partial charge on any atom is -0.497 e. The fourth-order valence-electron chi connectivity index (χ4n) is 6.89. The minimum absolute atomic E-state index is 0.0499. The van der Waals surface area contributed by atoms with Crippen LogP contribution in [0.2, 0.25) is 0 Å². The van der Waals surface area contributed by atoms with Crippen molar-refractivity contribution in [1.29, 1.82) is 0 Å². The molecule has 3 aromatic carbocycles. The lowest BCUT2D eigenvalue weighted by Gasteiger charge is -2.42. The number of amides is 2. The van der Waals surface area contributed by atoms with E-state index in [4.69, 9.17) is 4.74 Å². The van der Waals surface area contributed by atoms with Crippen LogP contribution in [-0.2, 0) is 25.9 Å². The fourth-order valence-corrected chi connectivity index (χ4v) is 6.89. The van der Waals surface area contributed by atoms with Crippen molar-refractivity contribution in [2.24, 2.45) is 0 Å². The Morgan fingerprint density at radius 1 is 1.02 bits per heavy atom. The number of hydrogen-bond donors (Lipinski definition) is 2. The summed E-state index contributed by atoms with van der Waals surface area (Å²) in [4.78, 5) is 35.9. The van der Waals surface area contributed by atoms with Gasteiger partial charge in [0.25, 0.3) is 5.91 Å². The number of nitrogens with one attached hydrogen (secondary N) is 1. The minimum atomic E-state index is -1.17. The number of fused-ring (bicyclic) bond motifs is 2. The van der Waals surface area contributed by atoms with E-state index in [1.54, 1.807) is 37.4 Å². The molecule has 0 fully saturated rings. The van der Waals surface area contributed by atoms with E-state index in [9.17, 15) is 23.5 Å². The van der Waals surface area contributed by atoms with E-state index in [2.05, 4.69) is 21.3 Å². The molecule has 2 aromatic heterocycles. The molecule has 6 rings (SSSR count). The van der Waals surface area contributed by atoms with Crippen LogP contribution in [-0.4, -0.2) is 75.3 Å². The Kier molecular flexibility index (Phi) is 11.1. The van der Waals surface area contributed by atoms with Gasteiger partial charge in [-0.3, -0.25) is 14.3 Å². The maximum Gasteiger partial charge on any atom is 0.329 e. The van der Waals surface area contributed by atoms with Crippen LogP contribution in [0.3, 0.4) is 0 Å². The lowest BCUT2D eigenvalue weighted by molar-refractivity contribution is 0.00949. The molecule has 5 aromatic rings. The van der Waals surface area contributed by atoms with Crippen molar-refractivity contribution in [3.63, 3.8) is 0 Å². The molecule has 2 N–H and O–H groups in total. The predicted octanol–water partition coefficient (Wildman–Crippen LogP) is 6.35. The van der Waals surface area contributed by atoms with Crippen molar-refractivity contribution in [1.82, 2.24) is 24.7 Å². The van der Waals surface area contributed by atoms with E-state index in [1.807, 2.05) is 49.4 Å². The van der Waals surface area contributed by atoms with Crippen LogP contribution in [0, 0.1) is 11.6 Å².